The van der Waals surface area contributed by atoms with Gasteiger partial charge in [0.15, 0.2) is 0 Å². The fourth-order valence-electron chi connectivity index (χ4n) is 1.54. The first-order valence-corrected chi connectivity index (χ1v) is 8.06. The van der Waals surface area contributed by atoms with Crippen LogP contribution in [-0.4, -0.2) is 28.8 Å². The van der Waals surface area contributed by atoms with Crippen molar-refractivity contribution in [3.8, 4) is 0 Å². The van der Waals surface area contributed by atoms with E-state index in [9.17, 15) is 9.18 Å². The van der Waals surface area contributed by atoms with E-state index in [4.69, 9.17) is 0 Å². The Morgan fingerprint density at radius 1 is 1.45 bits per heavy atom. The molecule has 0 fully saturated rings. The van der Waals surface area contributed by atoms with E-state index in [1.54, 1.807) is 18.5 Å². The Bertz CT molecular complexity index is 672. The Morgan fingerprint density at radius 2 is 2.27 bits per heavy atom. The zero-order valence-electron chi connectivity index (χ0n) is 11.7. The normalized spacial score (nSPS) is 10.3. The molecule has 0 saturated carbocycles. The number of aromatic nitrogens is 2. The van der Waals surface area contributed by atoms with Crippen molar-refractivity contribution in [2.24, 2.45) is 0 Å². The maximum Gasteiger partial charge on any atom is 0.316 e. The number of anilines is 1. The van der Waals surface area contributed by atoms with E-state index in [1.807, 2.05) is 6.07 Å². The first-order chi connectivity index (χ1) is 10.6. The number of thioether (sulfide) groups is 1. The SMILES string of the molecule is COC(=O)CSc1cncc(NCc2ccc(Br)c(F)c2)n1. The second-order valence-corrected chi connectivity index (χ2v) is 6.06. The molecule has 0 atom stereocenters. The van der Waals surface area contributed by atoms with Crippen LogP contribution >= 0.6 is 27.7 Å². The van der Waals surface area contributed by atoms with E-state index in [0.29, 0.717) is 21.9 Å². The average molecular weight is 386 g/mol. The highest BCUT2D eigenvalue weighted by Gasteiger charge is 2.05. The molecule has 22 heavy (non-hydrogen) atoms. The Labute approximate surface area is 139 Å². The molecule has 0 aliphatic rings. The van der Waals surface area contributed by atoms with Gasteiger partial charge < -0.3 is 10.1 Å². The molecule has 0 spiro atoms. The number of halogens is 2. The summed E-state index contributed by atoms with van der Waals surface area (Å²) in [5.74, 6) is 0.0912. The topological polar surface area (TPSA) is 64.1 Å². The van der Waals surface area contributed by atoms with Gasteiger partial charge >= 0.3 is 5.97 Å². The van der Waals surface area contributed by atoms with E-state index in [1.165, 1.54) is 24.9 Å². The van der Waals surface area contributed by atoms with Crippen molar-refractivity contribution < 1.29 is 13.9 Å². The summed E-state index contributed by atoms with van der Waals surface area (Å²) in [5, 5.41) is 3.67. The molecule has 0 saturated heterocycles. The van der Waals surface area contributed by atoms with E-state index >= 15 is 0 Å². The second-order valence-electron chi connectivity index (χ2n) is 4.21. The van der Waals surface area contributed by atoms with Gasteiger partial charge in [0, 0.05) is 6.54 Å². The molecule has 2 aromatic rings. The number of esters is 1. The number of hydrogen-bond donors (Lipinski definition) is 1. The molecular weight excluding hydrogens is 373 g/mol. The maximum absolute atomic E-state index is 13.4. The summed E-state index contributed by atoms with van der Waals surface area (Å²) in [7, 11) is 1.34. The number of benzene rings is 1. The molecule has 0 bridgehead atoms. The molecular formula is C14H13BrFN3O2S. The monoisotopic (exact) mass is 385 g/mol. The molecule has 0 amide bonds. The standard InChI is InChI=1S/C14H13BrFN3O2S/c1-21-14(20)8-22-13-7-17-6-12(19-13)18-5-9-2-3-10(15)11(16)4-9/h2-4,6-7H,5,8H2,1H3,(H,18,19). The van der Waals surface area contributed by atoms with Gasteiger partial charge in [0.2, 0.25) is 0 Å². The van der Waals surface area contributed by atoms with Crippen LogP contribution in [0.2, 0.25) is 0 Å². The van der Waals surface area contributed by atoms with Crippen LogP contribution in [0.5, 0.6) is 0 Å². The van der Waals surface area contributed by atoms with Crippen molar-refractivity contribution in [1.29, 1.82) is 0 Å². The predicted molar refractivity (Wildman–Crippen MR) is 86.2 cm³/mol. The van der Waals surface area contributed by atoms with Crippen molar-refractivity contribution in [2.45, 2.75) is 11.6 Å². The number of ether oxygens (including phenoxy) is 1. The van der Waals surface area contributed by atoms with Crippen molar-refractivity contribution in [3.05, 3.63) is 46.4 Å². The minimum absolute atomic E-state index is 0.173. The molecule has 1 heterocycles. The third kappa shape index (κ3) is 4.96. The molecule has 0 radical (unpaired) electrons. The third-order valence-electron chi connectivity index (χ3n) is 2.64. The fraction of sp³-hybridized carbons (Fsp3) is 0.214. The highest BCUT2D eigenvalue weighted by molar-refractivity contribution is 9.10. The number of nitrogens with one attached hydrogen (secondary N) is 1. The van der Waals surface area contributed by atoms with E-state index in [-0.39, 0.29) is 17.5 Å². The number of nitrogens with zero attached hydrogens (tertiary/aromatic N) is 2. The summed E-state index contributed by atoms with van der Waals surface area (Å²) < 4.78 is 18.4. The predicted octanol–water partition coefficient (Wildman–Crippen LogP) is 3.26. The number of methoxy groups -OCH3 is 1. The van der Waals surface area contributed by atoms with Gasteiger partial charge in [0.1, 0.15) is 16.7 Å². The van der Waals surface area contributed by atoms with Crippen molar-refractivity contribution in [1.82, 2.24) is 9.97 Å². The van der Waals surface area contributed by atoms with Crippen LogP contribution in [0, 0.1) is 5.82 Å². The van der Waals surface area contributed by atoms with Gasteiger partial charge in [-0.15, -0.1) is 0 Å². The molecule has 0 unspecified atom stereocenters. The van der Waals surface area contributed by atoms with Crippen LogP contribution in [0.4, 0.5) is 10.2 Å². The Balaban J connectivity index is 1.95. The van der Waals surface area contributed by atoms with Gasteiger partial charge in [-0.3, -0.25) is 9.78 Å². The molecule has 8 heteroatoms. The minimum Gasteiger partial charge on any atom is -0.468 e. The van der Waals surface area contributed by atoms with Crippen molar-refractivity contribution >= 4 is 39.5 Å². The first-order valence-electron chi connectivity index (χ1n) is 6.28. The smallest absolute Gasteiger partial charge is 0.316 e. The third-order valence-corrected chi connectivity index (χ3v) is 4.15. The number of hydrogen-bond acceptors (Lipinski definition) is 6. The highest BCUT2D eigenvalue weighted by atomic mass is 79.9. The molecule has 1 aromatic carbocycles. The lowest BCUT2D eigenvalue weighted by Gasteiger charge is -2.07. The zero-order chi connectivity index (χ0) is 15.9. The quantitative estimate of drug-likeness (QED) is 0.608. The molecule has 0 aliphatic heterocycles. The molecule has 0 aliphatic carbocycles. The van der Waals surface area contributed by atoms with Gasteiger partial charge in [-0.25, -0.2) is 9.37 Å². The second kappa shape index (κ2) is 8.09. The molecule has 1 aromatic heterocycles. The van der Waals surface area contributed by atoms with Crippen LogP contribution in [0.15, 0.2) is 40.1 Å². The van der Waals surface area contributed by atoms with Crippen molar-refractivity contribution in [3.63, 3.8) is 0 Å². The zero-order valence-corrected chi connectivity index (χ0v) is 14.1. The van der Waals surface area contributed by atoms with E-state index in [0.717, 1.165) is 5.56 Å². The number of carbonyl (C=O) groups excluding carboxylic acids is 1. The lowest BCUT2D eigenvalue weighted by atomic mass is 10.2. The lowest BCUT2D eigenvalue weighted by molar-refractivity contribution is -0.137. The summed E-state index contributed by atoms with van der Waals surface area (Å²) in [6.07, 6.45) is 3.13. The minimum atomic E-state index is -0.324. The van der Waals surface area contributed by atoms with Crippen LogP contribution in [-0.2, 0) is 16.1 Å². The average Bonchev–Trinajstić information content (AvgIpc) is 2.54. The Kier molecular flexibility index (Phi) is 6.14. The van der Waals surface area contributed by atoms with Gasteiger partial charge in [0.05, 0.1) is 29.7 Å². The molecule has 2 rings (SSSR count). The van der Waals surface area contributed by atoms with E-state index in [2.05, 4.69) is 36.0 Å². The fourth-order valence-corrected chi connectivity index (χ4v) is 2.47. The van der Waals surface area contributed by atoms with E-state index < -0.39 is 0 Å². The Hall–Kier alpha value is -1.67. The van der Waals surface area contributed by atoms with Gasteiger partial charge in [0.25, 0.3) is 0 Å². The van der Waals surface area contributed by atoms with Gasteiger partial charge in [-0.2, -0.15) is 0 Å². The Morgan fingerprint density at radius 3 is 3.00 bits per heavy atom. The summed E-state index contributed by atoms with van der Waals surface area (Å²) in [5.41, 5.74) is 0.787. The van der Waals surface area contributed by atoms with Gasteiger partial charge in [-0.1, -0.05) is 17.8 Å². The largest absolute Gasteiger partial charge is 0.468 e. The summed E-state index contributed by atoms with van der Waals surface area (Å²) in [4.78, 5) is 19.5. The van der Waals surface area contributed by atoms with Crippen LogP contribution < -0.4 is 5.32 Å². The lowest BCUT2D eigenvalue weighted by Crippen LogP contribution is -2.05. The summed E-state index contributed by atoms with van der Waals surface area (Å²) in [6, 6.07) is 4.91. The molecule has 116 valence electrons. The van der Waals surface area contributed by atoms with Crippen LogP contribution in [0.25, 0.3) is 0 Å². The molecule has 1 N–H and O–H groups in total. The maximum atomic E-state index is 13.4. The van der Waals surface area contributed by atoms with Crippen LogP contribution in [0.1, 0.15) is 5.56 Å². The first kappa shape index (κ1) is 16.7. The van der Waals surface area contributed by atoms with Gasteiger partial charge in [-0.05, 0) is 33.6 Å². The summed E-state index contributed by atoms with van der Waals surface area (Å²) in [6.45, 7) is 0.421. The summed E-state index contributed by atoms with van der Waals surface area (Å²) >= 11 is 4.35. The molecule has 5 nitrogen and oxygen atoms in total. The van der Waals surface area contributed by atoms with Crippen molar-refractivity contribution in [2.75, 3.05) is 18.2 Å². The number of carbonyl (C=O) groups is 1. The highest BCUT2D eigenvalue weighted by Crippen LogP contribution is 2.18. The van der Waals surface area contributed by atoms with Crippen LogP contribution in [0.3, 0.4) is 0 Å². The number of rotatable bonds is 6.